The molecule has 1 heterocycles. The molecular formula is C15H22FN3O. The predicted molar refractivity (Wildman–Crippen MR) is 78.0 cm³/mol. The van der Waals surface area contributed by atoms with Crippen molar-refractivity contribution in [3.63, 3.8) is 0 Å². The Morgan fingerprint density at radius 2 is 2.05 bits per heavy atom. The quantitative estimate of drug-likeness (QED) is 0.859. The molecule has 1 aliphatic rings. The van der Waals surface area contributed by atoms with E-state index in [0.717, 1.165) is 19.4 Å². The van der Waals surface area contributed by atoms with E-state index >= 15 is 0 Å². The van der Waals surface area contributed by atoms with Crippen molar-refractivity contribution < 1.29 is 9.18 Å². The second kappa shape index (κ2) is 6.22. The predicted octanol–water partition coefficient (Wildman–Crippen LogP) is 1.82. The average Bonchev–Trinajstić information content (AvgIpc) is 2.41. The Hall–Kier alpha value is -1.62. The van der Waals surface area contributed by atoms with Gasteiger partial charge in [-0.2, -0.15) is 0 Å². The van der Waals surface area contributed by atoms with E-state index in [9.17, 15) is 9.18 Å². The highest BCUT2D eigenvalue weighted by molar-refractivity contribution is 5.95. The highest BCUT2D eigenvalue weighted by atomic mass is 19.1. The third-order valence-electron chi connectivity index (χ3n) is 3.75. The molecule has 0 aromatic heterocycles. The van der Waals surface area contributed by atoms with Gasteiger partial charge in [0.15, 0.2) is 0 Å². The summed E-state index contributed by atoms with van der Waals surface area (Å²) in [6.45, 7) is 2.41. The summed E-state index contributed by atoms with van der Waals surface area (Å²) < 4.78 is 13.7. The molecule has 0 spiro atoms. The molecule has 1 fully saturated rings. The molecule has 1 aliphatic heterocycles. The Morgan fingerprint density at radius 1 is 1.40 bits per heavy atom. The number of likely N-dealkylation sites (tertiary alicyclic amines) is 1. The summed E-state index contributed by atoms with van der Waals surface area (Å²) in [4.78, 5) is 16.2. The molecule has 0 aliphatic carbocycles. The molecule has 20 heavy (non-hydrogen) atoms. The van der Waals surface area contributed by atoms with Gasteiger partial charge in [0.1, 0.15) is 5.82 Å². The molecule has 2 rings (SSSR count). The molecule has 1 saturated heterocycles. The van der Waals surface area contributed by atoms with Gasteiger partial charge in [0, 0.05) is 25.3 Å². The van der Waals surface area contributed by atoms with Crippen LogP contribution in [0.2, 0.25) is 0 Å². The van der Waals surface area contributed by atoms with E-state index in [-0.39, 0.29) is 11.5 Å². The third-order valence-corrected chi connectivity index (χ3v) is 3.75. The first-order valence-corrected chi connectivity index (χ1v) is 6.96. The van der Waals surface area contributed by atoms with Crippen LogP contribution in [-0.2, 0) is 0 Å². The Bertz CT molecular complexity index is 482. The molecule has 0 atom stereocenters. The van der Waals surface area contributed by atoms with Gasteiger partial charge in [0.25, 0.3) is 5.91 Å². The maximum absolute atomic E-state index is 13.7. The van der Waals surface area contributed by atoms with Gasteiger partial charge in [-0.25, -0.2) is 4.39 Å². The maximum Gasteiger partial charge on any atom is 0.256 e. The first-order valence-electron chi connectivity index (χ1n) is 6.96. The zero-order chi connectivity index (χ0) is 14.7. The van der Waals surface area contributed by atoms with Crippen molar-refractivity contribution in [1.29, 1.82) is 0 Å². The molecule has 5 heteroatoms. The van der Waals surface area contributed by atoms with Crippen LogP contribution in [0.3, 0.4) is 0 Å². The molecule has 1 aromatic rings. The van der Waals surface area contributed by atoms with Gasteiger partial charge in [-0.1, -0.05) is 0 Å². The molecule has 1 amide bonds. The van der Waals surface area contributed by atoms with Crippen LogP contribution < -0.4 is 5.73 Å². The van der Waals surface area contributed by atoms with Gasteiger partial charge in [-0.15, -0.1) is 0 Å². The molecule has 0 unspecified atom stereocenters. The number of piperidine rings is 1. The molecule has 0 saturated carbocycles. The Labute approximate surface area is 119 Å². The lowest BCUT2D eigenvalue weighted by Crippen LogP contribution is -2.41. The van der Waals surface area contributed by atoms with Crippen molar-refractivity contribution in [3.05, 3.63) is 29.6 Å². The lowest BCUT2D eigenvalue weighted by atomic mass is 9.96. The van der Waals surface area contributed by atoms with Gasteiger partial charge < -0.3 is 15.5 Å². The average molecular weight is 279 g/mol. The van der Waals surface area contributed by atoms with Gasteiger partial charge in [0.05, 0.1) is 5.56 Å². The van der Waals surface area contributed by atoms with E-state index in [1.165, 1.54) is 18.2 Å². The SMILES string of the molecule is CN(C)CC1CCN(C(=O)c2cc(N)ccc2F)CC1. The molecule has 2 N–H and O–H groups in total. The fourth-order valence-electron chi connectivity index (χ4n) is 2.71. The number of rotatable bonds is 3. The molecule has 4 nitrogen and oxygen atoms in total. The zero-order valence-corrected chi connectivity index (χ0v) is 12.1. The van der Waals surface area contributed by atoms with Gasteiger partial charge in [-0.3, -0.25) is 4.79 Å². The highest BCUT2D eigenvalue weighted by Gasteiger charge is 2.25. The maximum atomic E-state index is 13.7. The van der Waals surface area contributed by atoms with Crippen molar-refractivity contribution in [2.75, 3.05) is 39.5 Å². The number of carbonyl (C=O) groups is 1. The number of halogens is 1. The number of amides is 1. The van der Waals surface area contributed by atoms with Crippen molar-refractivity contribution in [1.82, 2.24) is 9.80 Å². The second-order valence-corrected chi connectivity index (χ2v) is 5.74. The fourth-order valence-corrected chi connectivity index (χ4v) is 2.71. The first kappa shape index (κ1) is 14.8. The summed E-state index contributed by atoms with van der Waals surface area (Å²) in [5.41, 5.74) is 6.12. The van der Waals surface area contributed by atoms with E-state index in [0.29, 0.717) is 24.7 Å². The summed E-state index contributed by atoms with van der Waals surface area (Å²) in [5.74, 6) is -0.141. The molecule has 1 aromatic carbocycles. The van der Waals surface area contributed by atoms with E-state index in [4.69, 9.17) is 5.73 Å². The highest BCUT2D eigenvalue weighted by Crippen LogP contribution is 2.21. The number of benzene rings is 1. The van der Waals surface area contributed by atoms with E-state index in [2.05, 4.69) is 19.0 Å². The summed E-state index contributed by atoms with van der Waals surface area (Å²) in [7, 11) is 4.11. The lowest BCUT2D eigenvalue weighted by molar-refractivity contribution is 0.0673. The van der Waals surface area contributed by atoms with Crippen LogP contribution in [0.1, 0.15) is 23.2 Å². The second-order valence-electron chi connectivity index (χ2n) is 5.74. The first-order chi connectivity index (χ1) is 9.47. The number of carbonyl (C=O) groups excluding carboxylic acids is 1. The van der Waals surface area contributed by atoms with Crippen LogP contribution in [0.15, 0.2) is 18.2 Å². The lowest BCUT2D eigenvalue weighted by Gasteiger charge is -2.33. The Morgan fingerprint density at radius 3 is 2.65 bits per heavy atom. The zero-order valence-electron chi connectivity index (χ0n) is 12.1. The van der Waals surface area contributed by atoms with Gasteiger partial charge >= 0.3 is 0 Å². The van der Waals surface area contributed by atoms with Gasteiger partial charge in [0.2, 0.25) is 0 Å². The van der Waals surface area contributed by atoms with Crippen LogP contribution >= 0.6 is 0 Å². The number of hydrogen-bond acceptors (Lipinski definition) is 3. The minimum Gasteiger partial charge on any atom is -0.399 e. The van der Waals surface area contributed by atoms with Crippen molar-refractivity contribution in [2.24, 2.45) is 5.92 Å². The van der Waals surface area contributed by atoms with Crippen LogP contribution in [0.5, 0.6) is 0 Å². The fraction of sp³-hybridized carbons (Fsp3) is 0.533. The smallest absolute Gasteiger partial charge is 0.256 e. The van der Waals surface area contributed by atoms with Crippen molar-refractivity contribution >= 4 is 11.6 Å². The minimum absolute atomic E-state index is 0.0797. The van der Waals surface area contributed by atoms with Gasteiger partial charge in [-0.05, 0) is 51.1 Å². The largest absolute Gasteiger partial charge is 0.399 e. The summed E-state index contributed by atoms with van der Waals surface area (Å²) in [5, 5.41) is 0. The number of hydrogen-bond donors (Lipinski definition) is 1. The Kier molecular flexibility index (Phi) is 4.60. The molecular weight excluding hydrogens is 257 g/mol. The van der Waals surface area contributed by atoms with Crippen molar-refractivity contribution in [3.8, 4) is 0 Å². The minimum atomic E-state index is -0.500. The summed E-state index contributed by atoms with van der Waals surface area (Å²) in [6.07, 6.45) is 1.93. The number of anilines is 1. The number of nitrogens with two attached hydrogens (primary N) is 1. The number of nitrogens with zero attached hydrogens (tertiary/aromatic N) is 2. The monoisotopic (exact) mass is 279 g/mol. The third kappa shape index (κ3) is 3.48. The van der Waals surface area contributed by atoms with Crippen LogP contribution in [0.25, 0.3) is 0 Å². The topological polar surface area (TPSA) is 49.6 Å². The molecule has 0 radical (unpaired) electrons. The van der Waals surface area contributed by atoms with E-state index in [1.54, 1.807) is 4.90 Å². The molecule has 110 valence electrons. The summed E-state index contributed by atoms with van der Waals surface area (Å²) >= 11 is 0. The number of nitrogen functional groups attached to an aromatic ring is 1. The standard InChI is InChI=1S/C15H22FN3O/c1-18(2)10-11-5-7-19(8-6-11)15(20)13-9-12(17)3-4-14(13)16/h3-4,9,11H,5-8,10,17H2,1-2H3. The van der Waals surface area contributed by atoms with E-state index in [1.807, 2.05) is 0 Å². The van der Waals surface area contributed by atoms with E-state index < -0.39 is 5.82 Å². The van der Waals surface area contributed by atoms with Crippen LogP contribution in [0, 0.1) is 11.7 Å². The Balaban J connectivity index is 2.00. The normalized spacial score (nSPS) is 16.7. The molecule has 0 bridgehead atoms. The van der Waals surface area contributed by atoms with Crippen LogP contribution in [0.4, 0.5) is 10.1 Å². The van der Waals surface area contributed by atoms with Crippen LogP contribution in [-0.4, -0.2) is 49.4 Å². The summed E-state index contributed by atoms with van der Waals surface area (Å²) in [6, 6.07) is 4.14. The van der Waals surface area contributed by atoms with Crippen molar-refractivity contribution in [2.45, 2.75) is 12.8 Å².